The Kier molecular flexibility index (Phi) is 11.5. The highest BCUT2D eigenvalue weighted by Crippen LogP contribution is 2.29. The first-order chi connectivity index (χ1) is 14.7. The van der Waals surface area contributed by atoms with E-state index in [2.05, 4.69) is 24.9 Å². The number of aryl methyl sites for hydroxylation is 2. The molecule has 30 heavy (non-hydrogen) atoms. The number of aromatic nitrogens is 1. The zero-order valence-corrected chi connectivity index (χ0v) is 19.3. The third-order valence-electron chi connectivity index (χ3n) is 5.66. The fourth-order valence-electron chi connectivity index (χ4n) is 3.79. The van der Waals surface area contributed by atoms with Crippen molar-refractivity contribution < 1.29 is 9.13 Å². The second-order valence-electron chi connectivity index (χ2n) is 8.44. The molecule has 0 saturated heterocycles. The van der Waals surface area contributed by atoms with Gasteiger partial charge in [0.25, 0.3) is 0 Å². The van der Waals surface area contributed by atoms with Crippen LogP contribution in [0.3, 0.4) is 0 Å². The summed E-state index contributed by atoms with van der Waals surface area (Å²) in [6.45, 7) is 6.93. The third-order valence-corrected chi connectivity index (χ3v) is 5.66. The van der Waals surface area contributed by atoms with Gasteiger partial charge in [-0.2, -0.15) is 0 Å². The predicted molar refractivity (Wildman–Crippen MR) is 126 cm³/mol. The van der Waals surface area contributed by atoms with Gasteiger partial charge in [-0.25, -0.2) is 4.39 Å². The van der Waals surface area contributed by atoms with E-state index in [1.54, 1.807) is 6.07 Å². The summed E-state index contributed by atoms with van der Waals surface area (Å²) in [6.07, 6.45) is 16.6. The summed E-state index contributed by atoms with van der Waals surface area (Å²) in [6, 6.07) is 7.66. The Hall–Kier alpha value is -1.90. The maximum absolute atomic E-state index is 14.6. The Morgan fingerprint density at radius 1 is 0.833 bits per heavy atom. The topological polar surface area (TPSA) is 22.1 Å². The quantitative estimate of drug-likeness (QED) is 0.273. The molecule has 0 fully saturated rings. The predicted octanol–water partition coefficient (Wildman–Crippen LogP) is 8.45. The molecular weight excluding hydrogens is 373 g/mol. The Bertz CT molecular complexity index is 703. The number of unbranched alkanes of at least 4 members (excludes halogenated alkanes) is 9. The van der Waals surface area contributed by atoms with Crippen molar-refractivity contribution in [2.24, 2.45) is 0 Å². The number of nitrogens with zero attached hydrogens (tertiary/aromatic N) is 1. The summed E-state index contributed by atoms with van der Waals surface area (Å²) < 4.78 is 20.4. The first-order valence-corrected chi connectivity index (χ1v) is 12.0. The minimum Gasteiger partial charge on any atom is -0.490 e. The minimum atomic E-state index is -0.295. The van der Waals surface area contributed by atoms with Gasteiger partial charge >= 0.3 is 0 Å². The van der Waals surface area contributed by atoms with Crippen LogP contribution in [0.5, 0.6) is 5.75 Å². The molecule has 0 spiro atoms. The van der Waals surface area contributed by atoms with Crippen LogP contribution in [0.25, 0.3) is 11.3 Å². The molecular formula is C27H40FNO. The maximum Gasteiger partial charge on any atom is 0.166 e. The Morgan fingerprint density at radius 3 is 2.13 bits per heavy atom. The van der Waals surface area contributed by atoms with Gasteiger partial charge in [-0.05, 0) is 55.5 Å². The second kappa shape index (κ2) is 14.2. The van der Waals surface area contributed by atoms with E-state index in [1.165, 1.54) is 63.4 Å². The van der Waals surface area contributed by atoms with Crippen molar-refractivity contribution in [1.29, 1.82) is 0 Å². The number of benzene rings is 1. The molecule has 0 aliphatic carbocycles. The van der Waals surface area contributed by atoms with E-state index >= 15 is 0 Å². The summed E-state index contributed by atoms with van der Waals surface area (Å²) in [4.78, 5) is 4.59. The molecule has 0 aliphatic heterocycles. The summed E-state index contributed by atoms with van der Waals surface area (Å²) in [5.41, 5.74) is 3.71. The van der Waals surface area contributed by atoms with Crippen molar-refractivity contribution in [3.63, 3.8) is 0 Å². The van der Waals surface area contributed by atoms with Crippen LogP contribution in [0.1, 0.15) is 95.6 Å². The number of rotatable bonds is 15. The lowest BCUT2D eigenvalue weighted by Crippen LogP contribution is -2.02. The lowest BCUT2D eigenvalue weighted by molar-refractivity contribution is 0.288. The smallest absolute Gasteiger partial charge is 0.166 e. The lowest BCUT2D eigenvalue weighted by atomic mass is 10.0. The maximum atomic E-state index is 14.6. The second-order valence-corrected chi connectivity index (χ2v) is 8.44. The van der Waals surface area contributed by atoms with Crippen LogP contribution in [-0.4, -0.2) is 11.6 Å². The molecule has 3 heteroatoms. The average molecular weight is 414 g/mol. The molecule has 2 aromatic rings. The Morgan fingerprint density at radius 2 is 1.50 bits per heavy atom. The van der Waals surface area contributed by atoms with Crippen LogP contribution in [-0.2, 0) is 6.42 Å². The zero-order valence-electron chi connectivity index (χ0n) is 19.3. The molecule has 2 rings (SSSR count). The number of pyridine rings is 1. The van der Waals surface area contributed by atoms with Gasteiger partial charge in [-0.3, -0.25) is 4.98 Å². The van der Waals surface area contributed by atoms with E-state index in [9.17, 15) is 4.39 Å². The number of ether oxygens (including phenoxy) is 1. The molecule has 2 nitrogen and oxygen atoms in total. The molecule has 0 N–H and O–H groups in total. The molecule has 0 atom stereocenters. The normalized spacial score (nSPS) is 11.1. The summed E-state index contributed by atoms with van der Waals surface area (Å²) in [5, 5.41) is 0. The molecule has 0 bridgehead atoms. The van der Waals surface area contributed by atoms with Gasteiger partial charge in [0.1, 0.15) is 0 Å². The molecule has 0 unspecified atom stereocenters. The molecule has 166 valence electrons. The van der Waals surface area contributed by atoms with Crippen molar-refractivity contribution in [3.8, 4) is 17.0 Å². The summed E-state index contributed by atoms with van der Waals surface area (Å²) >= 11 is 0. The minimum absolute atomic E-state index is 0.295. The number of halogens is 1. The standard InChI is InChI=1S/C27H40FNO/c1-4-6-8-10-11-13-15-23-16-17-26(29-21-23)24-19-22(3)27(25(28)20-24)30-18-14-12-9-7-5-2/h16-17,19-21H,4-15,18H2,1-3H3. The highest BCUT2D eigenvalue weighted by Gasteiger charge is 2.11. The number of hydrogen-bond acceptors (Lipinski definition) is 2. The SMILES string of the molecule is CCCCCCCCc1ccc(-c2cc(C)c(OCCCCCCC)c(F)c2)nc1. The summed E-state index contributed by atoms with van der Waals surface area (Å²) in [7, 11) is 0. The van der Waals surface area contributed by atoms with Crippen molar-refractivity contribution in [2.45, 2.75) is 97.8 Å². The van der Waals surface area contributed by atoms with Crippen molar-refractivity contribution in [1.82, 2.24) is 4.98 Å². The molecule has 1 heterocycles. The molecule has 1 aromatic heterocycles. The Balaban J connectivity index is 1.86. The highest BCUT2D eigenvalue weighted by molar-refractivity contribution is 5.62. The van der Waals surface area contributed by atoms with E-state index in [4.69, 9.17) is 4.74 Å². The number of hydrogen-bond donors (Lipinski definition) is 0. The van der Waals surface area contributed by atoms with E-state index in [1.807, 2.05) is 25.3 Å². The molecule has 0 radical (unpaired) electrons. The zero-order chi connectivity index (χ0) is 21.6. The largest absolute Gasteiger partial charge is 0.490 e. The highest BCUT2D eigenvalue weighted by atomic mass is 19.1. The first kappa shape index (κ1) is 24.4. The van der Waals surface area contributed by atoms with Gasteiger partial charge in [-0.15, -0.1) is 0 Å². The van der Waals surface area contributed by atoms with Gasteiger partial charge in [0.15, 0.2) is 11.6 Å². The Labute approximate surface area is 183 Å². The van der Waals surface area contributed by atoms with Gasteiger partial charge in [0.05, 0.1) is 12.3 Å². The van der Waals surface area contributed by atoms with Gasteiger partial charge < -0.3 is 4.74 Å². The molecule has 0 aliphatic rings. The average Bonchev–Trinajstić information content (AvgIpc) is 2.75. The molecule has 1 aromatic carbocycles. The van der Waals surface area contributed by atoms with Gasteiger partial charge in [0, 0.05) is 11.8 Å². The van der Waals surface area contributed by atoms with Gasteiger partial charge in [0.2, 0.25) is 0 Å². The van der Waals surface area contributed by atoms with Crippen LogP contribution < -0.4 is 4.74 Å². The van der Waals surface area contributed by atoms with E-state index in [0.717, 1.165) is 36.1 Å². The monoisotopic (exact) mass is 413 g/mol. The molecule has 0 saturated carbocycles. The van der Waals surface area contributed by atoms with E-state index in [-0.39, 0.29) is 5.82 Å². The fraction of sp³-hybridized carbons (Fsp3) is 0.593. The van der Waals surface area contributed by atoms with Crippen LogP contribution >= 0.6 is 0 Å². The van der Waals surface area contributed by atoms with Crippen LogP contribution in [0.15, 0.2) is 30.5 Å². The van der Waals surface area contributed by atoms with Crippen LogP contribution in [0.2, 0.25) is 0 Å². The summed E-state index contributed by atoms with van der Waals surface area (Å²) in [5.74, 6) is 0.0884. The first-order valence-electron chi connectivity index (χ1n) is 12.0. The van der Waals surface area contributed by atoms with Crippen molar-refractivity contribution in [2.75, 3.05) is 6.61 Å². The van der Waals surface area contributed by atoms with Gasteiger partial charge in [-0.1, -0.05) is 77.7 Å². The van der Waals surface area contributed by atoms with Crippen LogP contribution in [0, 0.1) is 12.7 Å². The molecule has 0 amide bonds. The fourth-order valence-corrected chi connectivity index (χ4v) is 3.79. The van der Waals surface area contributed by atoms with E-state index < -0.39 is 0 Å². The van der Waals surface area contributed by atoms with Crippen molar-refractivity contribution in [3.05, 3.63) is 47.4 Å². The van der Waals surface area contributed by atoms with Crippen molar-refractivity contribution >= 4 is 0 Å². The van der Waals surface area contributed by atoms with Crippen LogP contribution in [0.4, 0.5) is 4.39 Å². The third kappa shape index (κ3) is 8.45. The van der Waals surface area contributed by atoms with E-state index in [0.29, 0.717) is 12.4 Å². The lowest BCUT2D eigenvalue weighted by Gasteiger charge is -2.12.